The van der Waals surface area contributed by atoms with Gasteiger partial charge in [-0.05, 0) is 54.2 Å². The minimum absolute atomic E-state index is 0.141. The first-order valence-corrected chi connectivity index (χ1v) is 7.96. The van der Waals surface area contributed by atoms with Crippen molar-refractivity contribution in [3.8, 4) is 0 Å². The van der Waals surface area contributed by atoms with E-state index in [4.69, 9.17) is 0 Å². The van der Waals surface area contributed by atoms with Gasteiger partial charge in [-0.15, -0.1) is 0 Å². The van der Waals surface area contributed by atoms with Crippen LogP contribution in [-0.2, 0) is 11.2 Å². The van der Waals surface area contributed by atoms with Crippen LogP contribution in [0.2, 0.25) is 0 Å². The van der Waals surface area contributed by atoms with Crippen LogP contribution in [0.15, 0.2) is 18.2 Å². The highest BCUT2D eigenvalue weighted by molar-refractivity contribution is 7.80. The Morgan fingerprint density at radius 3 is 2.70 bits per heavy atom. The third-order valence-electron chi connectivity index (χ3n) is 4.73. The van der Waals surface area contributed by atoms with Crippen molar-refractivity contribution in [1.82, 2.24) is 0 Å². The molecule has 1 aromatic rings. The number of carbonyl (C=O) groups excluding carboxylic acids is 1. The van der Waals surface area contributed by atoms with Crippen LogP contribution < -0.4 is 4.90 Å². The SMILES string of the molecule is O=C1CCc2cc(F)ccc2N1CC1(CS)CCCC1. The van der Waals surface area contributed by atoms with Gasteiger partial charge in [-0.25, -0.2) is 4.39 Å². The fraction of sp³-hybridized carbons (Fsp3) is 0.562. The second kappa shape index (κ2) is 5.40. The second-order valence-corrected chi connectivity index (χ2v) is 6.43. The normalized spacial score (nSPS) is 21.1. The quantitative estimate of drug-likeness (QED) is 0.844. The summed E-state index contributed by atoms with van der Waals surface area (Å²) in [6.45, 7) is 0.730. The monoisotopic (exact) mass is 293 g/mol. The maximum absolute atomic E-state index is 13.3. The van der Waals surface area contributed by atoms with E-state index in [0.29, 0.717) is 12.8 Å². The highest BCUT2D eigenvalue weighted by Crippen LogP contribution is 2.42. The van der Waals surface area contributed by atoms with Gasteiger partial charge in [-0.2, -0.15) is 12.6 Å². The molecule has 1 fully saturated rings. The summed E-state index contributed by atoms with van der Waals surface area (Å²) in [5, 5.41) is 0. The maximum atomic E-state index is 13.3. The summed E-state index contributed by atoms with van der Waals surface area (Å²) in [5.41, 5.74) is 1.99. The molecule has 108 valence electrons. The average Bonchev–Trinajstić information content (AvgIpc) is 2.91. The molecule has 1 heterocycles. The summed E-state index contributed by atoms with van der Waals surface area (Å²) in [7, 11) is 0. The fourth-order valence-corrected chi connectivity index (χ4v) is 3.94. The van der Waals surface area contributed by atoms with Crippen molar-refractivity contribution in [1.29, 1.82) is 0 Å². The van der Waals surface area contributed by atoms with Gasteiger partial charge in [-0.3, -0.25) is 4.79 Å². The second-order valence-electron chi connectivity index (χ2n) is 6.12. The first kappa shape index (κ1) is 13.9. The lowest BCUT2D eigenvalue weighted by Gasteiger charge is -2.37. The van der Waals surface area contributed by atoms with Crippen molar-refractivity contribution in [3.63, 3.8) is 0 Å². The van der Waals surface area contributed by atoms with Crippen molar-refractivity contribution >= 4 is 24.2 Å². The molecule has 0 bridgehead atoms. The van der Waals surface area contributed by atoms with Crippen LogP contribution in [0, 0.1) is 11.2 Å². The third kappa shape index (κ3) is 2.46. The molecular weight excluding hydrogens is 273 g/mol. The van der Waals surface area contributed by atoms with Gasteiger partial charge in [0.2, 0.25) is 5.91 Å². The van der Waals surface area contributed by atoms with Crippen LogP contribution in [0.4, 0.5) is 10.1 Å². The molecule has 0 saturated heterocycles. The Kier molecular flexibility index (Phi) is 3.76. The molecule has 0 atom stereocenters. The van der Waals surface area contributed by atoms with Crippen LogP contribution in [0.1, 0.15) is 37.7 Å². The number of hydrogen-bond acceptors (Lipinski definition) is 2. The van der Waals surface area contributed by atoms with Gasteiger partial charge in [0, 0.05) is 18.7 Å². The lowest BCUT2D eigenvalue weighted by molar-refractivity contribution is -0.119. The molecule has 2 nitrogen and oxygen atoms in total. The number of hydrogen-bond donors (Lipinski definition) is 1. The molecule has 20 heavy (non-hydrogen) atoms. The predicted octanol–water partition coefficient (Wildman–Crippen LogP) is 3.60. The van der Waals surface area contributed by atoms with E-state index in [2.05, 4.69) is 12.6 Å². The first-order chi connectivity index (χ1) is 9.63. The largest absolute Gasteiger partial charge is 0.312 e. The van der Waals surface area contributed by atoms with Crippen LogP contribution in [0.3, 0.4) is 0 Å². The van der Waals surface area contributed by atoms with Crippen LogP contribution in [0.25, 0.3) is 0 Å². The number of amides is 1. The highest BCUT2D eigenvalue weighted by atomic mass is 32.1. The topological polar surface area (TPSA) is 20.3 Å². The van der Waals surface area contributed by atoms with Crippen molar-refractivity contribution in [2.24, 2.45) is 5.41 Å². The molecule has 0 aromatic heterocycles. The Morgan fingerprint density at radius 1 is 1.25 bits per heavy atom. The molecule has 4 heteroatoms. The van der Waals surface area contributed by atoms with E-state index in [-0.39, 0.29) is 17.1 Å². The Morgan fingerprint density at radius 2 is 2.00 bits per heavy atom. The lowest BCUT2D eigenvalue weighted by Crippen LogP contribution is -2.43. The molecule has 0 radical (unpaired) electrons. The molecule has 0 spiro atoms. The molecule has 1 amide bonds. The summed E-state index contributed by atoms with van der Waals surface area (Å²) in [6.07, 6.45) is 5.85. The van der Waals surface area contributed by atoms with Gasteiger partial charge >= 0.3 is 0 Å². The van der Waals surface area contributed by atoms with Crippen molar-refractivity contribution in [2.75, 3.05) is 17.2 Å². The number of halogens is 1. The number of anilines is 1. The van der Waals surface area contributed by atoms with E-state index in [9.17, 15) is 9.18 Å². The number of fused-ring (bicyclic) bond motifs is 1. The molecule has 0 N–H and O–H groups in total. The Balaban J connectivity index is 1.91. The van der Waals surface area contributed by atoms with Crippen molar-refractivity contribution < 1.29 is 9.18 Å². The Labute approximate surface area is 124 Å². The summed E-state index contributed by atoms with van der Waals surface area (Å²) < 4.78 is 13.3. The molecule has 3 rings (SSSR count). The van der Waals surface area contributed by atoms with Crippen molar-refractivity contribution in [2.45, 2.75) is 38.5 Å². The number of rotatable bonds is 3. The Hall–Kier alpha value is -1.03. The zero-order valence-corrected chi connectivity index (χ0v) is 12.5. The summed E-state index contributed by atoms with van der Waals surface area (Å²) in [4.78, 5) is 14.2. The van der Waals surface area contributed by atoms with Crippen LogP contribution in [-0.4, -0.2) is 18.2 Å². The molecular formula is C16H20FNOS. The summed E-state index contributed by atoms with van der Waals surface area (Å²) >= 11 is 4.52. The van der Waals surface area contributed by atoms with Gasteiger partial charge in [0.1, 0.15) is 5.82 Å². The predicted molar refractivity (Wildman–Crippen MR) is 81.8 cm³/mol. The summed E-state index contributed by atoms with van der Waals surface area (Å²) in [6, 6.07) is 4.77. The smallest absolute Gasteiger partial charge is 0.227 e. The standard InChI is InChI=1S/C16H20FNOS/c17-13-4-5-14-12(9-13)3-6-15(19)18(14)10-16(11-20)7-1-2-8-16/h4-5,9,20H,1-3,6-8,10-11H2. The first-order valence-electron chi connectivity index (χ1n) is 7.33. The van der Waals surface area contributed by atoms with Gasteiger partial charge in [0.05, 0.1) is 0 Å². The zero-order valence-electron chi connectivity index (χ0n) is 11.6. The van der Waals surface area contributed by atoms with E-state index in [1.165, 1.54) is 18.9 Å². The molecule has 0 unspecified atom stereocenters. The van der Waals surface area contributed by atoms with Gasteiger partial charge in [0.25, 0.3) is 0 Å². The molecule has 1 aromatic carbocycles. The van der Waals surface area contributed by atoms with E-state index >= 15 is 0 Å². The molecule has 1 aliphatic heterocycles. The molecule has 1 aliphatic carbocycles. The zero-order chi connectivity index (χ0) is 14.2. The maximum Gasteiger partial charge on any atom is 0.227 e. The number of carbonyl (C=O) groups is 1. The lowest BCUT2D eigenvalue weighted by atomic mass is 9.86. The van der Waals surface area contributed by atoms with E-state index in [1.54, 1.807) is 12.1 Å². The number of nitrogens with zero attached hydrogens (tertiary/aromatic N) is 1. The average molecular weight is 293 g/mol. The molecule has 2 aliphatic rings. The number of aryl methyl sites for hydroxylation is 1. The fourth-order valence-electron chi connectivity index (χ4n) is 3.53. The minimum Gasteiger partial charge on any atom is -0.312 e. The van der Waals surface area contributed by atoms with E-state index in [1.807, 2.05) is 4.90 Å². The number of thiol groups is 1. The van der Waals surface area contributed by atoms with Crippen LogP contribution in [0.5, 0.6) is 0 Å². The van der Waals surface area contributed by atoms with Gasteiger partial charge < -0.3 is 4.90 Å². The minimum atomic E-state index is -0.220. The van der Waals surface area contributed by atoms with Crippen LogP contribution >= 0.6 is 12.6 Å². The van der Waals surface area contributed by atoms with Crippen molar-refractivity contribution in [3.05, 3.63) is 29.6 Å². The van der Waals surface area contributed by atoms with Gasteiger partial charge in [0.15, 0.2) is 0 Å². The van der Waals surface area contributed by atoms with E-state index in [0.717, 1.165) is 36.4 Å². The Bertz CT molecular complexity index is 525. The molecule has 1 saturated carbocycles. The number of benzene rings is 1. The highest BCUT2D eigenvalue weighted by Gasteiger charge is 2.37. The van der Waals surface area contributed by atoms with E-state index < -0.39 is 0 Å². The third-order valence-corrected chi connectivity index (χ3v) is 5.41. The van der Waals surface area contributed by atoms with Gasteiger partial charge in [-0.1, -0.05) is 12.8 Å². The summed E-state index contributed by atoms with van der Waals surface area (Å²) in [5.74, 6) is 0.757.